The van der Waals surface area contributed by atoms with Gasteiger partial charge in [-0.3, -0.25) is 0 Å². The molecule has 0 saturated heterocycles. The Bertz CT molecular complexity index is 341. The van der Waals surface area contributed by atoms with Gasteiger partial charge in [-0.1, -0.05) is 0 Å². The zero-order valence-corrected chi connectivity index (χ0v) is 8.30. The minimum Gasteiger partial charge on any atom is -0.488 e. The van der Waals surface area contributed by atoms with Gasteiger partial charge < -0.3 is 10.1 Å². The number of anilines is 1. The number of rotatable bonds is 3. The number of hydrogen-bond donors (Lipinski definition) is 1. The van der Waals surface area contributed by atoms with E-state index >= 15 is 0 Å². The highest BCUT2D eigenvalue weighted by atomic mass is 19.3. The van der Waals surface area contributed by atoms with E-state index in [0.717, 1.165) is 30.6 Å². The molecule has 1 aromatic carbocycles. The van der Waals surface area contributed by atoms with Gasteiger partial charge in [0, 0.05) is 12.2 Å². The third-order valence-corrected chi connectivity index (χ3v) is 2.39. The SMILES string of the molecule is FC(F)COc1ccc2c(c1)CCCN2. The molecule has 15 heavy (non-hydrogen) atoms. The fourth-order valence-corrected chi connectivity index (χ4v) is 1.70. The highest BCUT2D eigenvalue weighted by molar-refractivity contribution is 5.55. The Morgan fingerprint density at radius 3 is 3.07 bits per heavy atom. The van der Waals surface area contributed by atoms with Crippen molar-refractivity contribution in [2.24, 2.45) is 0 Å². The van der Waals surface area contributed by atoms with E-state index in [0.29, 0.717) is 5.75 Å². The molecule has 0 radical (unpaired) electrons. The quantitative estimate of drug-likeness (QED) is 0.833. The van der Waals surface area contributed by atoms with E-state index in [1.807, 2.05) is 12.1 Å². The van der Waals surface area contributed by atoms with Gasteiger partial charge >= 0.3 is 0 Å². The maximum absolute atomic E-state index is 11.9. The van der Waals surface area contributed by atoms with Crippen LogP contribution in [0.4, 0.5) is 14.5 Å². The van der Waals surface area contributed by atoms with Crippen LogP contribution in [-0.4, -0.2) is 19.6 Å². The molecule has 0 aliphatic carbocycles. The highest BCUT2D eigenvalue weighted by Crippen LogP contribution is 2.26. The lowest BCUT2D eigenvalue weighted by Gasteiger charge is -2.18. The fraction of sp³-hybridized carbons (Fsp3) is 0.455. The lowest BCUT2D eigenvalue weighted by molar-refractivity contribution is 0.0819. The summed E-state index contributed by atoms with van der Waals surface area (Å²) in [6, 6.07) is 5.44. The molecule has 1 N–H and O–H groups in total. The van der Waals surface area contributed by atoms with Crippen molar-refractivity contribution in [1.82, 2.24) is 0 Å². The van der Waals surface area contributed by atoms with Crippen molar-refractivity contribution in [2.45, 2.75) is 19.3 Å². The molecule has 0 spiro atoms. The van der Waals surface area contributed by atoms with Crippen LogP contribution in [0.1, 0.15) is 12.0 Å². The summed E-state index contributed by atoms with van der Waals surface area (Å²) < 4.78 is 28.8. The van der Waals surface area contributed by atoms with Crippen molar-refractivity contribution >= 4 is 5.69 Å². The molecular formula is C11H13F2NO. The van der Waals surface area contributed by atoms with E-state index in [2.05, 4.69) is 5.32 Å². The number of hydrogen-bond acceptors (Lipinski definition) is 2. The fourth-order valence-electron chi connectivity index (χ4n) is 1.70. The topological polar surface area (TPSA) is 21.3 Å². The summed E-state index contributed by atoms with van der Waals surface area (Å²) in [5, 5.41) is 3.25. The van der Waals surface area contributed by atoms with Crippen molar-refractivity contribution in [3.8, 4) is 5.75 Å². The van der Waals surface area contributed by atoms with E-state index < -0.39 is 13.0 Å². The standard InChI is InChI=1S/C11H13F2NO/c12-11(13)7-15-9-3-4-10-8(6-9)2-1-5-14-10/h3-4,6,11,14H,1-2,5,7H2. The molecule has 0 amide bonds. The predicted octanol–water partition coefficient (Wildman–Crippen LogP) is 2.69. The van der Waals surface area contributed by atoms with Crippen LogP contribution in [0.2, 0.25) is 0 Å². The van der Waals surface area contributed by atoms with Crippen LogP contribution in [0.25, 0.3) is 0 Å². The van der Waals surface area contributed by atoms with Crippen LogP contribution in [0.5, 0.6) is 5.75 Å². The number of benzene rings is 1. The van der Waals surface area contributed by atoms with E-state index in [9.17, 15) is 8.78 Å². The van der Waals surface area contributed by atoms with Crippen molar-refractivity contribution in [3.63, 3.8) is 0 Å². The first-order valence-electron chi connectivity index (χ1n) is 5.03. The summed E-state index contributed by atoms with van der Waals surface area (Å²) in [5.41, 5.74) is 2.23. The second-order valence-electron chi connectivity index (χ2n) is 3.55. The number of fused-ring (bicyclic) bond motifs is 1. The molecule has 0 bridgehead atoms. The molecule has 1 aromatic rings. The van der Waals surface area contributed by atoms with Gasteiger partial charge in [-0.2, -0.15) is 0 Å². The van der Waals surface area contributed by atoms with E-state index in [-0.39, 0.29) is 0 Å². The number of halogens is 2. The molecule has 1 aliphatic heterocycles. The Hall–Kier alpha value is -1.32. The normalized spacial score (nSPS) is 14.6. The molecule has 82 valence electrons. The number of ether oxygens (including phenoxy) is 1. The average molecular weight is 213 g/mol. The summed E-state index contributed by atoms with van der Waals surface area (Å²) in [6.45, 7) is 0.441. The molecule has 4 heteroatoms. The molecule has 0 unspecified atom stereocenters. The van der Waals surface area contributed by atoms with Gasteiger partial charge in [-0.05, 0) is 36.6 Å². The summed E-state index contributed by atoms with van der Waals surface area (Å²) >= 11 is 0. The maximum atomic E-state index is 11.9. The number of aryl methyl sites for hydroxylation is 1. The maximum Gasteiger partial charge on any atom is 0.272 e. The Kier molecular flexibility index (Phi) is 3.04. The second kappa shape index (κ2) is 4.47. The Morgan fingerprint density at radius 2 is 2.27 bits per heavy atom. The van der Waals surface area contributed by atoms with Crippen LogP contribution in [0.3, 0.4) is 0 Å². The van der Waals surface area contributed by atoms with Crippen molar-refractivity contribution in [2.75, 3.05) is 18.5 Å². The average Bonchev–Trinajstić information content (AvgIpc) is 2.26. The molecule has 1 aliphatic rings. The zero-order valence-electron chi connectivity index (χ0n) is 8.30. The first-order chi connectivity index (χ1) is 7.25. The van der Waals surface area contributed by atoms with E-state index in [1.54, 1.807) is 6.07 Å². The van der Waals surface area contributed by atoms with E-state index in [4.69, 9.17) is 4.74 Å². The third kappa shape index (κ3) is 2.58. The monoisotopic (exact) mass is 213 g/mol. The van der Waals surface area contributed by atoms with Crippen LogP contribution < -0.4 is 10.1 Å². The van der Waals surface area contributed by atoms with Crippen LogP contribution >= 0.6 is 0 Å². The largest absolute Gasteiger partial charge is 0.488 e. The van der Waals surface area contributed by atoms with Gasteiger partial charge in [0.05, 0.1) is 0 Å². The zero-order chi connectivity index (χ0) is 10.7. The summed E-state index contributed by atoms with van der Waals surface area (Å²) in [5.74, 6) is 0.526. The van der Waals surface area contributed by atoms with E-state index in [1.165, 1.54) is 0 Å². The minimum atomic E-state index is -2.42. The van der Waals surface area contributed by atoms with Gasteiger partial charge in [-0.15, -0.1) is 0 Å². The third-order valence-electron chi connectivity index (χ3n) is 2.39. The smallest absolute Gasteiger partial charge is 0.272 e. The summed E-state index contributed by atoms with van der Waals surface area (Å²) in [7, 11) is 0. The van der Waals surface area contributed by atoms with Crippen LogP contribution in [-0.2, 0) is 6.42 Å². The molecule has 0 saturated carbocycles. The van der Waals surface area contributed by atoms with Crippen molar-refractivity contribution in [1.29, 1.82) is 0 Å². The molecule has 2 nitrogen and oxygen atoms in total. The molecule has 0 atom stereocenters. The van der Waals surface area contributed by atoms with Crippen LogP contribution in [0, 0.1) is 0 Å². The first kappa shape index (κ1) is 10.2. The van der Waals surface area contributed by atoms with Crippen molar-refractivity contribution in [3.05, 3.63) is 23.8 Å². The Labute approximate surface area is 87.2 Å². The summed E-state index contributed by atoms with van der Waals surface area (Å²) in [4.78, 5) is 0. The first-order valence-corrected chi connectivity index (χ1v) is 5.03. The van der Waals surface area contributed by atoms with Gasteiger partial charge in [0.15, 0.2) is 0 Å². The van der Waals surface area contributed by atoms with Gasteiger partial charge in [0.1, 0.15) is 12.4 Å². The Morgan fingerprint density at radius 1 is 1.40 bits per heavy atom. The molecule has 0 fully saturated rings. The second-order valence-corrected chi connectivity index (χ2v) is 3.55. The molecular weight excluding hydrogens is 200 g/mol. The lowest BCUT2D eigenvalue weighted by atomic mass is 10.0. The molecule has 0 aromatic heterocycles. The minimum absolute atomic E-state index is 0.526. The van der Waals surface area contributed by atoms with Gasteiger partial charge in [-0.25, -0.2) is 8.78 Å². The molecule has 1 heterocycles. The number of alkyl halides is 2. The van der Waals surface area contributed by atoms with Crippen molar-refractivity contribution < 1.29 is 13.5 Å². The van der Waals surface area contributed by atoms with Gasteiger partial charge in [0.2, 0.25) is 0 Å². The highest BCUT2D eigenvalue weighted by Gasteiger charge is 2.10. The number of nitrogens with one attached hydrogen (secondary N) is 1. The molecule has 2 rings (SSSR count). The Balaban J connectivity index is 2.07. The van der Waals surface area contributed by atoms with Gasteiger partial charge in [0.25, 0.3) is 6.43 Å². The predicted molar refractivity (Wildman–Crippen MR) is 54.8 cm³/mol. The van der Waals surface area contributed by atoms with Crippen LogP contribution in [0.15, 0.2) is 18.2 Å². The summed E-state index contributed by atoms with van der Waals surface area (Å²) in [6.07, 6.45) is -0.362. The lowest BCUT2D eigenvalue weighted by Crippen LogP contribution is -2.12.